The Morgan fingerprint density at radius 1 is 0.216 bits per heavy atom. The summed E-state index contributed by atoms with van der Waals surface area (Å²) in [6, 6.07) is 131. The summed E-state index contributed by atoms with van der Waals surface area (Å²) in [6.45, 7) is 17.1. The molecule has 2 nitrogen and oxygen atoms in total. The number of hydrogen-bond donors (Lipinski definition) is 0. The Bertz CT molecular complexity index is 5260. The van der Waals surface area contributed by atoms with Gasteiger partial charge >= 0.3 is 0 Å². The normalized spacial score (nSPS) is 14.6. The van der Waals surface area contributed by atoms with Crippen molar-refractivity contribution in [2.24, 2.45) is 0 Å². The van der Waals surface area contributed by atoms with Crippen LogP contribution in [0.2, 0.25) is 0 Å². The number of rotatable bonds is 16. The molecule has 15 aromatic carbocycles. The molecule has 0 saturated carbocycles. The molecule has 0 N–H and O–H groups in total. The highest BCUT2D eigenvalue weighted by Gasteiger charge is 2.48. The Morgan fingerprint density at radius 3 is 0.775 bits per heavy atom. The molecule has 0 fully saturated rings. The zero-order chi connectivity index (χ0) is 69.1. The molecule has 0 bridgehead atoms. The van der Waals surface area contributed by atoms with Gasteiger partial charge in [-0.25, -0.2) is 0 Å². The number of aryl methyl sites for hydroxylation is 4. The predicted molar refractivity (Wildman–Crippen MR) is 431 cm³/mol. The molecule has 2 unspecified atom stereocenters. The number of fused-ring (bicyclic) bond motifs is 6. The molecule has 102 heavy (non-hydrogen) atoms. The third kappa shape index (κ3) is 10.8. The van der Waals surface area contributed by atoms with Gasteiger partial charge in [-0.15, -0.1) is 0 Å². The van der Waals surface area contributed by atoms with Gasteiger partial charge in [-0.05, 0) is 223 Å². The van der Waals surface area contributed by atoms with Crippen LogP contribution in [-0.4, -0.2) is 0 Å². The summed E-state index contributed by atoms with van der Waals surface area (Å²) in [5, 5.41) is 0. The largest absolute Gasteiger partial charge is 0.310 e. The molecule has 15 aromatic rings. The standard InChI is InChI=1S/C100H76N2/c1-7-71-27-43-81(44-28-71)99(83-61-67(3)59-68(4)62-83)95-25-17-15-23-91(95)93-57-55-89(65-97(93)99)101(85-47-35-77(36-48-85)73-19-11-9-12-20-73)87-51-39-79(40-52-87)75-31-33-76(34-32-75)80-41-53-88(54-42-80)102(86-49-37-78(38-50-86)74-21-13-10-14-22-74)90-56-58-94-92-24-16-18-26-96(92)100(98(94)66-90,82-45-29-72(8-2)30-46-82)84-63-69(5)60-70(6)64-84/h7-66H,1-2H2,3-6H3. The van der Waals surface area contributed by atoms with E-state index in [-0.39, 0.29) is 0 Å². The van der Waals surface area contributed by atoms with Crippen molar-refractivity contribution in [3.8, 4) is 66.8 Å². The van der Waals surface area contributed by atoms with E-state index in [0.717, 1.165) is 67.5 Å². The second kappa shape index (κ2) is 25.9. The number of anilines is 6. The van der Waals surface area contributed by atoms with Gasteiger partial charge in [0.25, 0.3) is 0 Å². The highest BCUT2D eigenvalue weighted by atomic mass is 15.1. The molecule has 0 aromatic heterocycles. The van der Waals surface area contributed by atoms with E-state index in [1.165, 1.54) is 111 Å². The number of nitrogens with zero attached hydrogens (tertiary/aromatic N) is 2. The fraction of sp³-hybridized carbons (Fsp3) is 0.0600. The highest BCUT2D eigenvalue weighted by molar-refractivity contribution is 5.93. The van der Waals surface area contributed by atoms with Gasteiger partial charge in [0.2, 0.25) is 0 Å². The molecule has 17 rings (SSSR count). The molecule has 2 heteroatoms. The van der Waals surface area contributed by atoms with Crippen LogP contribution in [0.25, 0.3) is 78.9 Å². The first-order valence-electron chi connectivity index (χ1n) is 35.4. The van der Waals surface area contributed by atoms with Gasteiger partial charge in [-0.1, -0.05) is 327 Å². The molecule has 0 saturated heterocycles. The minimum Gasteiger partial charge on any atom is -0.310 e. The van der Waals surface area contributed by atoms with Crippen molar-refractivity contribution in [1.29, 1.82) is 0 Å². The topological polar surface area (TPSA) is 6.48 Å². The lowest BCUT2D eigenvalue weighted by molar-refractivity contribution is 0.766. The van der Waals surface area contributed by atoms with Crippen molar-refractivity contribution in [3.63, 3.8) is 0 Å². The Kier molecular flexibility index (Phi) is 16.0. The molecule has 0 spiro atoms. The number of benzene rings is 15. The van der Waals surface area contributed by atoms with Crippen LogP contribution in [0.5, 0.6) is 0 Å². The quantitative estimate of drug-likeness (QED) is 0.0951. The van der Waals surface area contributed by atoms with Crippen LogP contribution in [0.15, 0.2) is 365 Å². The third-order valence-corrected chi connectivity index (χ3v) is 21.3. The van der Waals surface area contributed by atoms with Crippen molar-refractivity contribution >= 4 is 46.3 Å². The summed E-state index contributed by atoms with van der Waals surface area (Å²) in [6.07, 6.45) is 3.86. The lowest BCUT2D eigenvalue weighted by Gasteiger charge is -2.35. The van der Waals surface area contributed by atoms with E-state index >= 15 is 0 Å². The summed E-state index contributed by atoms with van der Waals surface area (Å²) in [5.74, 6) is 0. The maximum absolute atomic E-state index is 4.13. The zero-order valence-corrected chi connectivity index (χ0v) is 57.9. The van der Waals surface area contributed by atoms with Gasteiger partial charge in [-0.3, -0.25) is 0 Å². The van der Waals surface area contributed by atoms with Crippen molar-refractivity contribution in [2.45, 2.75) is 38.5 Å². The molecule has 2 atom stereocenters. The van der Waals surface area contributed by atoms with Crippen LogP contribution < -0.4 is 9.80 Å². The fourth-order valence-corrected chi connectivity index (χ4v) is 16.7. The average molecular weight is 1310 g/mol. The lowest BCUT2D eigenvalue weighted by atomic mass is 9.67. The molecule has 0 radical (unpaired) electrons. The van der Waals surface area contributed by atoms with E-state index in [1.807, 2.05) is 12.2 Å². The van der Waals surface area contributed by atoms with Gasteiger partial charge in [0, 0.05) is 34.1 Å². The first-order valence-corrected chi connectivity index (χ1v) is 35.4. The van der Waals surface area contributed by atoms with Crippen molar-refractivity contribution in [3.05, 3.63) is 443 Å². The molecule has 2 aliphatic carbocycles. The molecule has 486 valence electrons. The van der Waals surface area contributed by atoms with E-state index in [0.29, 0.717) is 0 Å². The van der Waals surface area contributed by atoms with Crippen molar-refractivity contribution in [1.82, 2.24) is 0 Å². The number of hydrogen-bond acceptors (Lipinski definition) is 2. The van der Waals surface area contributed by atoms with Crippen molar-refractivity contribution < 1.29 is 0 Å². The van der Waals surface area contributed by atoms with E-state index in [2.05, 4.69) is 403 Å². The zero-order valence-electron chi connectivity index (χ0n) is 57.9. The summed E-state index contributed by atoms with van der Waals surface area (Å²) in [5.41, 5.74) is 36.8. The van der Waals surface area contributed by atoms with Gasteiger partial charge < -0.3 is 9.80 Å². The van der Waals surface area contributed by atoms with E-state index in [9.17, 15) is 0 Å². The molecule has 2 aliphatic rings. The molecule has 0 heterocycles. The van der Waals surface area contributed by atoms with Crippen LogP contribution in [0, 0.1) is 27.7 Å². The third-order valence-electron chi connectivity index (χ3n) is 21.3. The van der Waals surface area contributed by atoms with Crippen LogP contribution in [0.3, 0.4) is 0 Å². The minimum absolute atomic E-state index is 0.595. The summed E-state index contributed by atoms with van der Waals surface area (Å²) < 4.78 is 0. The maximum atomic E-state index is 4.13. The van der Waals surface area contributed by atoms with Crippen LogP contribution >= 0.6 is 0 Å². The second-order valence-corrected chi connectivity index (χ2v) is 27.6. The Hall–Kier alpha value is -12.6. The maximum Gasteiger partial charge on any atom is 0.0714 e. The predicted octanol–water partition coefficient (Wildman–Crippen LogP) is 26.5. The van der Waals surface area contributed by atoms with Crippen LogP contribution in [-0.2, 0) is 10.8 Å². The van der Waals surface area contributed by atoms with Crippen LogP contribution in [0.1, 0.15) is 77.9 Å². The summed E-state index contributed by atoms with van der Waals surface area (Å²) >= 11 is 0. The molecular formula is C100H76N2. The Labute approximate surface area is 600 Å². The molecule has 0 aliphatic heterocycles. The lowest BCUT2D eigenvalue weighted by Crippen LogP contribution is -2.29. The van der Waals surface area contributed by atoms with Gasteiger partial charge in [0.15, 0.2) is 0 Å². The highest BCUT2D eigenvalue weighted by Crippen LogP contribution is 2.60. The monoisotopic (exact) mass is 1300 g/mol. The Morgan fingerprint density at radius 2 is 0.471 bits per heavy atom. The summed E-state index contributed by atoms with van der Waals surface area (Å²) in [4.78, 5) is 4.85. The Balaban J connectivity index is 0.729. The fourth-order valence-electron chi connectivity index (χ4n) is 16.7. The van der Waals surface area contributed by atoms with E-state index in [4.69, 9.17) is 0 Å². The molecule has 0 amide bonds. The van der Waals surface area contributed by atoms with E-state index < -0.39 is 10.8 Å². The van der Waals surface area contributed by atoms with E-state index in [1.54, 1.807) is 0 Å². The first-order chi connectivity index (χ1) is 50.0. The van der Waals surface area contributed by atoms with Gasteiger partial charge in [0.1, 0.15) is 0 Å². The second-order valence-electron chi connectivity index (χ2n) is 27.6. The van der Waals surface area contributed by atoms with Crippen LogP contribution in [0.4, 0.5) is 34.1 Å². The minimum atomic E-state index is -0.595. The van der Waals surface area contributed by atoms with Gasteiger partial charge in [0.05, 0.1) is 10.8 Å². The van der Waals surface area contributed by atoms with Gasteiger partial charge in [-0.2, -0.15) is 0 Å². The SMILES string of the molecule is C=Cc1ccc(C2(c3cc(C)cc(C)c3)c3ccccc3-c3ccc(N(c4ccc(-c5ccccc5)cc4)c4ccc(-c5ccc(-c6ccc(N(c7ccc(-c8ccccc8)cc7)c7ccc8c(c7)C(c7ccc(C=C)cc7)(c7cc(C)cc(C)c7)c7ccccc7-8)cc6)cc5)cc4)cc32)cc1. The summed E-state index contributed by atoms with van der Waals surface area (Å²) in [7, 11) is 0. The smallest absolute Gasteiger partial charge is 0.0714 e. The average Bonchev–Trinajstić information content (AvgIpc) is 1.53. The first kappa shape index (κ1) is 62.9. The molecular weight excluding hydrogens is 1230 g/mol. The van der Waals surface area contributed by atoms with Crippen molar-refractivity contribution in [2.75, 3.05) is 9.80 Å².